The lowest BCUT2D eigenvalue weighted by Crippen LogP contribution is -2.48. The molecular formula is C15H18F3N3O2. The molecule has 1 heterocycles. The fraction of sp³-hybridized carbons (Fsp3) is 0.467. The molecule has 5 nitrogen and oxygen atoms in total. The quantitative estimate of drug-likeness (QED) is 0.924. The van der Waals surface area contributed by atoms with E-state index >= 15 is 0 Å². The summed E-state index contributed by atoms with van der Waals surface area (Å²) in [5.74, 6) is -0.796. The number of carbonyl (C=O) groups is 2. The standard InChI is InChI=1S/C15H18F3N3O2/c1-10-7-11-5-3-4-6-12(11)21(10)14(23)19-8-13(22)20(2)9-15(16,17)18/h3-6,10H,7-9H2,1-2H3,(H,19,23)/t10-/m1/s1. The van der Waals surface area contributed by atoms with Crippen LogP contribution in [0.1, 0.15) is 12.5 Å². The Morgan fingerprint density at radius 3 is 2.65 bits per heavy atom. The second-order valence-electron chi connectivity index (χ2n) is 5.58. The number of likely N-dealkylation sites (N-methyl/N-ethyl adjacent to an activating group) is 1. The largest absolute Gasteiger partial charge is 0.406 e. The number of amides is 3. The van der Waals surface area contributed by atoms with Gasteiger partial charge in [0.1, 0.15) is 6.54 Å². The number of nitrogens with zero attached hydrogens (tertiary/aromatic N) is 2. The number of hydrogen-bond acceptors (Lipinski definition) is 2. The highest BCUT2D eigenvalue weighted by atomic mass is 19.4. The Balaban J connectivity index is 1.94. The lowest BCUT2D eigenvalue weighted by molar-refractivity contribution is -0.157. The van der Waals surface area contributed by atoms with Gasteiger partial charge in [-0.3, -0.25) is 9.69 Å². The summed E-state index contributed by atoms with van der Waals surface area (Å²) in [6.45, 7) is 0.0542. The van der Waals surface area contributed by atoms with Crippen LogP contribution in [0.3, 0.4) is 0 Å². The first kappa shape index (κ1) is 17.1. The van der Waals surface area contributed by atoms with Gasteiger partial charge < -0.3 is 10.2 Å². The van der Waals surface area contributed by atoms with E-state index < -0.39 is 31.2 Å². The first-order chi connectivity index (χ1) is 10.7. The van der Waals surface area contributed by atoms with Crippen LogP contribution < -0.4 is 10.2 Å². The highest BCUT2D eigenvalue weighted by Gasteiger charge is 2.33. The summed E-state index contributed by atoms with van der Waals surface area (Å²) >= 11 is 0. The molecule has 1 aromatic carbocycles. The van der Waals surface area contributed by atoms with Crippen LogP contribution in [0.4, 0.5) is 23.7 Å². The van der Waals surface area contributed by atoms with Crippen molar-refractivity contribution >= 4 is 17.6 Å². The average molecular weight is 329 g/mol. The number of nitrogens with one attached hydrogen (secondary N) is 1. The fourth-order valence-corrected chi connectivity index (χ4v) is 2.60. The lowest BCUT2D eigenvalue weighted by Gasteiger charge is -2.24. The Morgan fingerprint density at radius 1 is 1.35 bits per heavy atom. The molecule has 0 spiro atoms. The molecule has 0 saturated carbocycles. The first-order valence-electron chi connectivity index (χ1n) is 7.14. The van der Waals surface area contributed by atoms with Crippen molar-refractivity contribution in [1.82, 2.24) is 10.2 Å². The van der Waals surface area contributed by atoms with E-state index in [2.05, 4.69) is 5.32 Å². The molecule has 1 N–H and O–H groups in total. The molecule has 0 unspecified atom stereocenters. The van der Waals surface area contributed by atoms with Crippen LogP contribution in [0.15, 0.2) is 24.3 Å². The Kier molecular flexibility index (Phi) is 4.82. The summed E-state index contributed by atoms with van der Waals surface area (Å²) in [5.41, 5.74) is 1.78. The van der Waals surface area contributed by atoms with Crippen molar-refractivity contribution in [2.24, 2.45) is 0 Å². The minimum Gasteiger partial charge on any atom is -0.335 e. The molecule has 0 bridgehead atoms. The molecule has 0 fully saturated rings. The van der Waals surface area contributed by atoms with Gasteiger partial charge in [-0.2, -0.15) is 13.2 Å². The van der Waals surface area contributed by atoms with Gasteiger partial charge in [-0.1, -0.05) is 18.2 Å². The first-order valence-corrected chi connectivity index (χ1v) is 7.14. The van der Waals surface area contributed by atoms with Crippen molar-refractivity contribution in [3.63, 3.8) is 0 Å². The van der Waals surface area contributed by atoms with E-state index in [9.17, 15) is 22.8 Å². The average Bonchev–Trinajstić information content (AvgIpc) is 2.78. The SMILES string of the molecule is C[C@@H]1Cc2ccccc2N1C(=O)NCC(=O)N(C)CC(F)(F)F. The van der Waals surface area contributed by atoms with E-state index in [-0.39, 0.29) is 6.04 Å². The van der Waals surface area contributed by atoms with E-state index in [0.29, 0.717) is 11.3 Å². The number of benzene rings is 1. The molecule has 0 aromatic heterocycles. The zero-order valence-corrected chi connectivity index (χ0v) is 12.9. The molecular weight excluding hydrogens is 311 g/mol. The van der Waals surface area contributed by atoms with Gasteiger partial charge in [-0.25, -0.2) is 4.79 Å². The molecule has 2 rings (SSSR count). The van der Waals surface area contributed by atoms with Gasteiger partial charge in [-0.15, -0.1) is 0 Å². The predicted octanol–water partition coefficient (Wildman–Crippen LogP) is 2.17. The predicted molar refractivity (Wildman–Crippen MR) is 79.2 cm³/mol. The maximum absolute atomic E-state index is 12.3. The summed E-state index contributed by atoms with van der Waals surface area (Å²) in [6.07, 6.45) is -3.76. The summed E-state index contributed by atoms with van der Waals surface area (Å²) in [4.78, 5) is 26.0. The molecule has 3 amide bonds. The number of hydrogen-bond donors (Lipinski definition) is 1. The van der Waals surface area contributed by atoms with Gasteiger partial charge in [0.15, 0.2) is 0 Å². The molecule has 0 aliphatic carbocycles. The number of halogens is 3. The van der Waals surface area contributed by atoms with Crippen LogP contribution in [0, 0.1) is 0 Å². The second kappa shape index (κ2) is 6.47. The van der Waals surface area contributed by atoms with Gasteiger partial charge in [0, 0.05) is 18.8 Å². The second-order valence-corrected chi connectivity index (χ2v) is 5.58. The van der Waals surface area contributed by atoms with Crippen LogP contribution >= 0.6 is 0 Å². The van der Waals surface area contributed by atoms with Crippen LogP contribution in [0.5, 0.6) is 0 Å². The number of alkyl halides is 3. The van der Waals surface area contributed by atoms with Crippen molar-refractivity contribution in [1.29, 1.82) is 0 Å². The van der Waals surface area contributed by atoms with Crippen LogP contribution in [-0.4, -0.2) is 49.2 Å². The number of rotatable bonds is 3. The third kappa shape index (κ3) is 4.14. The third-order valence-corrected chi connectivity index (χ3v) is 3.66. The minimum absolute atomic E-state index is 0.0737. The number of urea groups is 1. The molecule has 0 saturated heterocycles. The van der Waals surface area contributed by atoms with Gasteiger partial charge in [0.05, 0.1) is 6.54 Å². The zero-order valence-electron chi connectivity index (χ0n) is 12.9. The maximum Gasteiger partial charge on any atom is 0.406 e. The van der Waals surface area contributed by atoms with E-state index in [1.165, 1.54) is 4.90 Å². The topological polar surface area (TPSA) is 52.7 Å². The maximum atomic E-state index is 12.3. The monoisotopic (exact) mass is 329 g/mol. The number of fused-ring (bicyclic) bond motifs is 1. The van der Waals surface area contributed by atoms with Crippen molar-refractivity contribution < 1.29 is 22.8 Å². The van der Waals surface area contributed by atoms with E-state index in [1.807, 2.05) is 19.1 Å². The normalized spacial score (nSPS) is 16.9. The van der Waals surface area contributed by atoms with Crippen LogP contribution in [-0.2, 0) is 11.2 Å². The Morgan fingerprint density at radius 2 is 2.00 bits per heavy atom. The third-order valence-electron chi connectivity index (χ3n) is 3.66. The van der Waals surface area contributed by atoms with Gasteiger partial charge in [0.25, 0.3) is 0 Å². The molecule has 1 aromatic rings. The summed E-state index contributed by atoms with van der Waals surface area (Å²) in [7, 11) is 1.05. The summed E-state index contributed by atoms with van der Waals surface area (Å²) < 4.78 is 36.7. The van der Waals surface area contributed by atoms with Crippen molar-refractivity contribution in [2.45, 2.75) is 25.6 Å². The van der Waals surface area contributed by atoms with Crippen molar-refractivity contribution in [2.75, 3.05) is 25.0 Å². The Bertz CT molecular complexity index is 604. The Hall–Kier alpha value is -2.25. The summed E-state index contributed by atoms with van der Waals surface area (Å²) in [5, 5.41) is 2.39. The Labute approximate surface area is 132 Å². The van der Waals surface area contributed by atoms with E-state index in [4.69, 9.17) is 0 Å². The molecule has 126 valence electrons. The van der Waals surface area contributed by atoms with E-state index in [1.54, 1.807) is 12.1 Å². The van der Waals surface area contributed by atoms with Gasteiger partial charge in [-0.05, 0) is 25.0 Å². The zero-order chi connectivity index (χ0) is 17.2. The molecule has 8 heteroatoms. The van der Waals surface area contributed by atoms with E-state index in [0.717, 1.165) is 18.3 Å². The van der Waals surface area contributed by atoms with Crippen LogP contribution in [0.2, 0.25) is 0 Å². The highest BCUT2D eigenvalue weighted by molar-refractivity contribution is 5.96. The number of anilines is 1. The van der Waals surface area contributed by atoms with Gasteiger partial charge in [0.2, 0.25) is 5.91 Å². The minimum atomic E-state index is -4.46. The highest BCUT2D eigenvalue weighted by Crippen LogP contribution is 2.31. The van der Waals surface area contributed by atoms with Crippen LogP contribution in [0.25, 0.3) is 0 Å². The molecule has 1 aliphatic heterocycles. The summed E-state index contributed by atoms with van der Waals surface area (Å²) in [6, 6.07) is 6.84. The molecule has 0 radical (unpaired) electrons. The number of carbonyl (C=O) groups excluding carboxylic acids is 2. The van der Waals surface area contributed by atoms with Crippen molar-refractivity contribution in [3.05, 3.63) is 29.8 Å². The lowest BCUT2D eigenvalue weighted by atomic mass is 10.1. The van der Waals surface area contributed by atoms with Crippen molar-refractivity contribution in [3.8, 4) is 0 Å². The number of para-hydroxylation sites is 1. The fourth-order valence-electron chi connectivity index (χ4n) is 2.60. The molecule has 1 atom stereocenters. The molecule has 23 heavy (non-hydrogen) atoms. The molecule has 1 aliphatic rings. The van der Waals surface area contributed by atoms with Gasteiger partial charge >= 0.3 is 12.2 Å². The smallest absolute Gasteiger partial charge is 0.335 e.